The van der Waals surface area contributed by atoms with Crippen LogP contribution in [-0.2, 0) is 15.4 Å². The van der Waals surface area contributed by atoms with E-state index in [-0.39, 0.29) is 11.9 Å². The number of fused-ring (bicyclic) bond motifs is 1. The minimum Gasteiger partial charge on any atom is -0.348 e. The molecule has 7 aromatic rings. The number of hydrogen-bond donors (Lipinski definition) is 1. The molecular weight excluding hydrogens is 663 g/mol. The summed E-state index contributed by atoms with van der Waals surface area (Å²) >= 11 is 1.21. The minimum atomic E-state index is -3.35. The number of benzene rings is 3. The fourth-order valence-electron chi connectivity index (χ4n) is 7.16. The van der Waals surface area contributed by atoms with Gasteiger partial charge < -0.3 is 5.32 Å². The first-order valence-corrected chi connectivity index (χ1v) is 19.4. The molecule has 8 nitrogen and oxygen atoms in total. The number of imidazole rings is 1. The van der Waals surface area contributed by atoms with E-state index in [1.807, 2.05) is 94.3 Å². The number of nitrogens with zero attached hydrogens (tertiary/aromatic N) is 4. The quantitative estimate of drug-likeness (QED) is 0.155. The van der Waals surface area contributed by atoms with Crippen molar-refractivity contribution in [2.45, 2.75) is 41.5 Å². The fourth-order valence-corrected chi connectivity index (χ4v) is 9.10. The molecule has 1 N–H and O–H groups in total. The molecule has 1 saturated carbocycles. The highest BCUT2D eigenvalue weighted by molar-refractivity contribution is 7.92. The molecule has 10 heteroatoms. The number of thiophene rings is 1. The SMILES string of the molecule is CS(=O)(=O)c1ccc(-c2cnc3ccc(-c4cn(C(c5ccccc5)(c5ccccc5)c5ccccc5)nc4C(=O)NC4CCCC4)cn23)s1. The highest BCUT2D eigenvalue weighted by Crippen LogP contribution is 2.42. The van der Waals surface area contributed by atoms with Gasteiger partial charge in [-0.05, 0) is 53.8 Å². The van der Waals surface area contributed by atoms with Crippen molar-refractivity contribution < 1.29 is 13.2 Å². The normalized spacial score (nSPS) is 13.9. The van der Waals surface area contributed by atoms with E-state index in [1.54, 1.807) is 12.3 Å². The predicted molar refractivity (Wildman–Crippen MR) is 197 cm³/mol. The van der Waals surface area contributed by atoms with E-state index in [4.69, 9.17) is 5.10 Å². The van der Waals surface area contributed by atoms with Gasteiger partial charge in [0, 0.05) is 35.8 Å². The summed E-state index contributed by atoms with van der Waals surface area (Å²) in [5.41, 5.74) is 5.35. The Kier molecular flexibility index (Phi) is 8.20. The summed E-state index contributed by atoms with van der Waals surface area (Å²) in [5.74, 6) is -0.212. The van der Waals surface area contributed by atoms with Gasteiger partial charge in [0.05, 0.1) is 16.8 Å². The van der Waals surface area contributed by atoms with Gasteiger partial charge >= 0.3 is 0 Å². The number of amides is 1. The van der Waals surface area contributed by atoms with E-state index in [0.29, 0.717) is 21.1 Å². The summed E-state index contributed by atoms with van der Waals surface area (Å²) < 4.78 is 28.7. The van der Waals surface area contributed by atoms with Gasteiger partial charge in [0.1, 0.15) is 15.4 Å². The summed E-state index contributed by atoms with van der Waals surface area (Å²) in [4.78, 5) is 19.7. The molecule has 1 fully saturated rings. The van der Waals surface area contributed by atoms with Gasteiger partial charge in [-0.1, -0.05) is 104 Å². The maximum absolute atomic E-state index is 14.3. The lowest BCUT2D eigenvalue weighted by Gasteiger charge is -2.36. The van der Waals surface area contributed by atoms with E-state index in [9.17, 15) is 13.2 Å². The van der Waals surface area contributed by atoms with Crippen LogP contribution in [0.15, 0.2) is 138 Å². The van der Waals surface area contributed by atoms with Crippen LogP contribution in [0.25, 0.3) is 27.3 Å². The van der Waals surface area contributed by atoms with Crippen molar-refractivity contribution in [2.75, 3.05) is 6.26 Å². The Balaban J connectivity index is 1.36. The van der Waals surface area contributed by atoms with Gasteiger partial charge in [-0.2, -0.15) is 5.10 Å². The van der Waals surface area contributed by atoms with Crippen LogP contribution >= 0.6 is 11.3 Å². The zero-order valence-electron chi connectivity index (χ0n) is 27.4. The second kappa shape index (κ2) is 12.9. The maximum atomic E-state index is 14.3. The van der Waals surface area contributed by atoms with Gasteiger partial charge in [-0.3, -0.25) is 13.9 Å². The zero-order valence-corrected chi connectivity index (χ0v) is 29.1. The molecule has 1 amide bonds. The summed E-state index contributed by atoms with van der Waals surface area (Å²) in [6.07, 6.45) is 11.0. The molecule has 0 atom stereocenters. The summed E-state index contributed by atoms with van der Waals surface area (Å²) in [7, 11) is -3.35. The Morgan fingerprint density at radius 3 is 1.96 bits per heavy atom. The lowest BCUT2D eigenvalue weighted by molar-refractivity contribution is 0.0932. The van der Waals surface area contributed by atoms with Crippen molar-refractivity contribution >= 4 is 32.7 Å². The van der Waals surface area contributed by atoms with Gasteiger partial charge in [0.2, 0.25) is 0 Å². The third-order valence-corrected chi connectivity index (χ3v) is 12.5. The van der Waals surface area contributed by atoms with Crippen LogP contribution in [0, 0.1) is 0 Å². The number of pyridine rings is 1. The molecule has 8 rings (SSSR count). The van der Waals surface area contributed by atoms with Crippen molar-refractivity contribution in [2.24, 2.45) is 0 Å². The first-order chi connectivity index (χ1) is 24.3. The number of rotatable bonds is 9. The van der Waals surface area contributed by atoms with E-state index in [1.165, 1.54) is 17.6 Å². The van der Waals surface area contributed by atoms with Crippen LogP contribution in [0.2, 0.25) is 0 Å². The lowest BCUT2D eigenvalue weighted by atomic mass is 9.77. The second-order valence-corrected chi connectivity index (χ2v) is 16.1. The first-order valence-electron chi connectivity index (χ1n) is 16.7. The molecule has 3 aromatic carbocycles. The van der Waals surface area contributed by atoms with E-state index in [2.05, 4.69) is 46.7 Å². The number of sulfone groups is 1. The van der Waals surface area contributed by atoms with Crippen LogP contribution in [-0.4, -0.2) is 45.8 Å². The van der Waals surface area contributed by atoms with E-state index >= 15 is 0 Å². The van der Waals surface area contributed by atoms with Gasteiger partial charge in [0.25, 0.3) is 5.91 Å². The molecular formula is C40H35N5O3S2. The van der Waals surface area contributed by atoms with Crippen molar-refractivity contribution in [3.05, 3.63) is 156 Å². The lowest BCUT2D eigenvalue weighted by Crippen LogP contribution is -2.39. The molecule has 0 spiro atoms. The number of hydrogen-bond acceptors (Lipinski definition) is 6. The largest absolute Gasteiger partial charge is 0.348 e. The number of aromatic nitrogens is 4. The van der Waals surface area contributed by atoms with Crippen LogP contribution in [0.1, 0.15) is 52.9 Å². The van der Waals surface area contributed by atoms with Crippen molar-refractivity contribution in [3.63, 3.8) is 0 Å². The van der Waals surface area contributed by atoms with Crippen molar-refractivity contribution in [3.8, 4) is 21.7 Å². The first kappa shape index (κ1) is 31.9. The fraction of sp³-hybridized carbons (Fsp3) is 0.175. The summed E-state index contributed by atoms with van der Waals surface area (Å²) in [5, 5.41) is 8.51. The molecule has 4 aromatic heterocycles. The topological polar surface area (TPSA) is 98.4 Å². The van der Waals surface area contributed by atoms with E-state index < -0.39 is 15.4 Å². The molecule has 4 heterocycles. The molecule has 0 bridgehead atoms. The molecule has 0 unspecified atom stereocenters. The number of nitrogens with one attached hydrogen (secondary N) is 1. The second-order valence-electron chi connectivity index (χ2n) is 12.8. The van der Waals surface area contributed by atoms with Crippen molar-refractivity contribution in [1.82, 2.24) is 24.5 Å². The molecule has 1 aliphatic rings. The molecule has 1 aliphatic carbocycles. The third-order valence-electron chi connectivity index (χ3n) is 9.55. The Morgan fingerprint density at radius 2 is 1.40 bits per heavy atom. The number of carbonyl (C=O) groups is 1. The van der Waals surface area contributed by atoms with Crippen LogP contribution in [0.4, 0.5) is 0 Å². The van der Waals surface area contributed by atoms with Crippen LogP contribution < -0.4 is 5.32 Å². The predicted octanol–water partition coefficient (Wildman–Crippen LogP) is 7.84. The third kappa shape index (κ3) is 5.64. The highest BCUT2D eigenvalue weighted by atomic mass is 32.2. The summed E-state index contributed by atoms with van der Waals surface area (Å²) in [6.45, 7) is 0. The van der Waals surface area contributed by atoms with Gasteiger partial charge in [0.15, 0.2) is 15.5 Å². The van der Waals surface area contributed by atoms with Crippen LogP contribution in [0.3, 0.4) is 0 Å². The maximum Gasteiger partial charge on any atom is 0.272 e. The van der Waals surface area contributed by atoms with Gasteiger partial charge in [-0.25, -0.2) is 13.4 Å². The average molecular weight is 698 g/mol. The standard InChI is InChI=1S/C40H35N5O3S2/c1-50(47,48)37-24-22-35(49-37)34-25-41-36-23-21-28(26-44(34)36)33-27-45(43-38(33)39(46)42-32-19-11-12-20-32)40(29-13-5-2-6-14-29,30-15-7-3-8-16-30)31-17-9-4-10-18-31/h2-10,13-18,21-27,32H,11-12,19-20H2,1H3,(H,42,46). The Bertz CT molecular complexity index is 2310. The molecule has 50 heavy (non-hydrogen) atoms. The zero-order chi connectivity index (χ0) is 34.3. The Hall–Kier alpha value is -5.32. The molecule has 0 radical (unpaired) electrons. The van der Waals surface area contributed by atoms with Gasteiger partial charge in [-0.15, -0.1) is 11.3 Å². The Labute approximate surface area is 295 Å². The average Bonchev–Trinajstić information content (AvgIpc) is 3.97. The number of carbonyl (C=O) groups excluding carboxylic acids is 1. The highest BCUT2D eigenvalue weighted by Gasteiger charge is 2.40. The molecule has 0 aliphatic heterocycles. The molecule has 0 saturated heterocycles. The monoisotopic (exact) mass is 697 g/mol. The minimum absolute atomic E-state index is 0.105. The van der Waals surface area contributed by atoms with E-state index in [0.717, 1.165) is 58.5 Å². The summed E-state index contributed by atoms with van der Waals surface area (Å²) in [6, 6.07) is 38.3. The Morgan fingerprint density at radius 1 is 0.800 bits per heavy atom. The van der Waals surface area contributed by atoms with Crippen molar-refractivity contribution in [1.29, 1.82) is 0 Å². The van der Waals surface area contributed by atoms with Crippen LogP contribution in [0.5, 0.6) is 0 Å². The molecule has 250 valence electrons. The smallest absolute Gasteiger partial charge is 0.272 e.